The molecule has 2 heterocycles. The minimum Gasteiger partial charge on any atom is -0.355 e. The zero-order chi connectivity index (χ0) is 20.3. The molecule has 0 radical (unpaired) electrons. The Morgan fingerprint density at radius 2 is 1.82 bits per heavy atom. The predicted octanol–water partition coefficient (Wildman–Crippen LogP) is 0.119. The molecule has 0 unspecified atom stereocenters. The number of sulfonamides is 2. The van der Waals surface area contributed by atoms with Crippen molar-refractivity contribution in [1.29, 1.82) is 0 Å². The summed E-state index contributed by atoms with van der Waals surface area (Å²) in [6, 6.07) is -0.230. The molecule has 15 heteroatoms. The van der Waals surface area contributed by atoms with Crippen LogP contribution >= 0.6 is 24.0 Å². The lowest BCUT2D eigenvalue weighted by Gasteiger charge is -2.32. The van der Waals surface area contributed by atoms with E-state index in [1.165, 1.54) is 11.4 Å². The van der Waals surface area contributed by atoms with Crippen molar-refractivity contribution in [3.8, 4) is 0 Å². The molecule has 166 valence electrons. The monoisotopic (exact) mass is 563 g/mol. The van der Waals surface area contributed by atoms with Gasteiger partial charge in [-0.1, -0.05) is 0 Å². The molecule has 0 aromatic rings. The van der Waals surface area contributed by atoms with Gasteiger partial charge < -0.3 is 10.6 Å². The van der Waals surface area contributed by atoms with Gasteiger partial charge in [0.1, 0.15) is 0 Å². The first kappa shape index (κ1) is 25.6. The summed E-state index contributed by atoms with van der Waals surface area (Å²) >= 11 is 0. The third-order valence-electron chi connectivity index (χ3n) is 4.51. The first-order valence-electron chi connectivity index (χ1n) is 8.49. The number of hydrogen-bond donors (Lipinski definition) is 2. The van der Waals surface area contributed by atoms with Crippen LogP contribution in [0.2, 0.25) is 0 Å². The van der Waals surface area contributed by atoms with Crippen LogP contribution in [-0.2, 0) is 20.0 Å². The second-order valence-electron chi connectivity index (χ2n) is 6.34. The summed E-state index contributed by atoms with van der Waals surface area (Å²) in [6.45, 7) is 0.652. The maximum atomic E-state index is 12.6. The minimum absolute atomic E-state index is 0. The van der Waals surface area contributed by atoms with Gasteiger partial charge in [-0.3, -0.25) is 4.99 Å². The van der Waals surface area contributed by atoms with Gasteiger partial charge in [-0.05, 0) is 19.3 Å². The van der Waals surface area contributed by atoms with Crippen LogP contribution in [-0.4, -0.2) is 88.5 Å². The first-order chi connectivity index (χ1) is 12.5. The highest BCUT2D eigenvalue weighted by Crippen LogP contribution is 2.28. The van der Waals surface area contributed by atoms with Crippen LogP contribution in [0.4, 0.5) is 13.2 Å². The molecule has 9 nitrogen and oxygen atoms in total. The molecule has 2 aliphatic rings. The zero-order valence-electron chi connectivity index (χ0n) is 15.3. The van der Waals surface area contributed by atoms with Crippen molar-refractivity contribution in [2.24, 2.45) is 4.99 Å². The number of nitrogens with one attached hydrogen (secondary N) is 2. The summed E-state index contributed by atoms with van der Waals surface area (Å²) in [5.41, 5.74) is -5.29. The molecular formula is C13H25F3IN5O4S2. The van der Waals surface area contributed by atoms with Crippen LogP contribution in [0.25, 0.3) is 0 Å². The summed E-state index contributed by atoms with van der Waals surface area (Å²) in [4.78, 5) is 4.00. The van der Waals surface area contributed by atoms with Crippen molar-refractivity contribution in [2.45, 2.75) is 30.8 Å². The maximum absolute atomic E-state index is 12.6. The van der Waals surface area contributed by atoms with Crippen LogP contribution in [0.1, 0.15) is 19.3 Å². The van der Waals surface area contributed by atoms with E-state index in [1.807, 2.05) is 0 Å². The summed E-state index contributed by atoms with van der Waals surface area (Å²) in [5, 5.41) is 6.00. The van der Waals surface area contributed by atoms with Gasteiger partial charge in [-0.15, -0.1) is 24.0 Å². The molecular weight excluding hydrogens is 538 g/mol. The molecule has 28 heavy (non-hydrogen) atoms. The average molecular weight is 563 g/mol. The number of piperidine rings is 1. The van der Waals surface area contributed by atoms with E-state index >= 15 is 0 Å². The zero-order valence-corrected chi connectivity index (χ0v) is 19.2. The van der Waals surface area contributed by atoms with Crippen molar-refractivity contribution < 1.29 is 30.0 Å². The third kappa shape index (κ3) is 6.30. The van der Waals surface area contributed by atoms with E-state index in [1.54, 1.807) is 0 Å². The Bertz CT molecular complexity index is 753. The minimum atomic E-state index is -5.29. The van der Waals surface area contributed by atoms with Crippen LogP contribution in [0, 0.1) is 0 Å². The number of nitrogens with zero attached hydrogens (tertiary/aromatic N) is 3. The van der Waals surface area contributed by atoms with Crippen LogP contribution < -0.4 is 10.6 Å². The van der Waals surface area contributed by atoms with Crippen molar-refractivity contribution >= 4 is 50.0 Å². The topological polar surface area (TPSA) is 111 Å². The lowest BCUT2D eigenvalue weighted by atomic mass is 10.1. The highest BCUT2D eigenvalue weighted by atomic mass is 127. The average Bonchev–Trinajstić information content (AvgIpc) is 2.92. The van der Waals surface area contributed by atoms with Gasteiger partial charge >= 0.3 is 15.5 Å². The second-order valence-corrected chi connectivity index (χ2v) is 10.4. The third-order valence-corrected chi connectivity index (χ3v) is 8.09. The molecule has 0 aromatic carbocycles. The fraction of sp³-hybridized carbons (Fsp3) is 0.923. The summed E-state index contributed by atoms with van der Waals surface area (Å²) in [5.74, 6) is 0.545. The standard InChI is InChI=1S/C13H24F3N5O4S2.HI/c1-17-12(18-5-9-20-6-2-10-26(20,22)23)19-11-3-7-21(8-4-11)27(24,25)13(14,15)16;/h11H,2-10H2,1H3,(H2,17,18,19);1H. The molecule has 2 saturated heterocycles. The lowest BCUT2D eigenvalue weighted by Crippen LogP contribution is -2.52. The maximum Gasteiger partial charge on any atom is 0.511 e. The molecule has 0 spiro atoms. The fourth-order valence-corrected chi connectivity index (χ4v) is 5.53. The van der Waals surface area contributed by atoms with E-state index in [2.05, 4.69) is 15.6 Å². The molecule has 2 aliphatic heterocycles. The van der Waals surface area contributed by atoms with Gasteiger partial charge in [-0.2, -0.15) is 17.5 Å². The lowest BCUT2D eigenvalue weighted by molar-refractivity contribution is -0.0494. The van der Waals surface area contributed by atoms with E-state index < -0.39 is 25.6 Å². The molecule has 0 bridgehead atoms. The van der Waals surface area contributed by atoms with Gasteiger partial charge in [0.25, 0.3) is 0 Å². The first-order valence-corrected chi connectivity index (χ1v) is 11.5. The van der Waals surface area contributed by atoms with Crippen molar-refractivity contribution in [3.63, 3.8) is 0 Å². The molecule has 2 fully saturated rings. The van der Waals surface area contributed by atoms with Crippen molar-refractivity contribution in [3.05, 3.63) is 0 Å². The number of rotatable bonds is 5. The summed E-state index contributed by atoms with van der Waals surface area (Å²) in [6.07, 6.45) is 1.02. The Kier molecular flexibility index (Phi) is 9.23. The van der Waals surface area contributed by atoms with Crippen molar-refractivity contribution in [1.82, 2.24) is 19.2 Å². The van der Waals surface area contributed by atoms with E-state index in [-0.39, 0.29) is 61.7 Å². The number of hydrogen-bond acceptors (Lipinski definition) is 5. The summed E-state index contributed by atoms with van der Waals surface area (Å²) in [7, 11) is -6.95. The quantitative estimate of drug-likeness (QED) is 0.280. The molecule has 0 atom stereocenters. The fourth-order valence-electron chi connectivity index (χ4n) is 3.02. The second kappa shape index (κ2) is 10.1. The van der Waals surface area contributed by atoms with Crippen LogP contribution in [0.3, 0.4) is 0 Å². The largest absolute Gasteiger partial charge is 0.511 e. The number of aliphatic imine (C=N–C) groups is 1. The van der Waals surface area contributed by atoms with E-state index in [0.29, 0.717) is 36.3 Å². The Morgan fingerprint density at radius 3 is 2.29 bits per heavy atom. The predicted molar refractivity (Wildman–Crippen MR) is 109 cm³/mol. The smallest absolute Gasteiger partial charge is 0.355 e. The highest BCUT2D eigenvalue weighted by Gasteiger charge is 2.50. The van der Waals surface area contributed by atoms with Gasteiger partial charge in [-0.25, -0.2) is 21.1 Å². The SMILES string of the molecule is CN=C(NCCN1CCCS1(=O)=O)NC1CCN(S(=O)(=O)C(F)(F)F)CC1.I. The van der Waals surface area contributed by atoms with Gasteiger partial charge in [0.2, 0.25) is 10.0 Å². The molecule has 0 amide bonds. The van der Waals surface area contributed by atoms with Crippen LogP contribution in [0.5, 0.6) is 0 Å². The highest BCUT2D eigenvalue weighted by molar-refractivity contribution is 14.0. The van der Waals surface area contributed by atoms with E-state index in [9.17, 15) is 30.0 Å². The molecule has 0 aromatic heterocycles. The number of guanidine groups is 1. The Morgan fingerprint density at radius 1 is 1.21 bits per heavy atom. The van der Waals surface area contributed by atoms with E-state index in [0.717, 1.165) is 0 Å². The van der Waals surface area contributed by atoms with Crippen LogP contribution in [0.15, 0.2) is 4.99 Å². The molecule has 0 aliphatic carbocycles. The van der Waals surface area contributed by atoms with E-state index in [4.69, 9.17) is 0 Å². The Labute approximate surface area is 180 Å². The molecule has 2 rings (SSSR count). The van der Waals surface area contributed by atoms with Gasteiger partial charge in [0.15, 0.2) is 5.96 Å². The van der Waals surface area contributed by atoms with Crippen molar-refractivity contribution in [2.75, 3.05) is 45.5 Å². The Hall–Kier alpha value is -0.390. The summed E-state index contributed by atoms with van der Waals surface area (Å²) < 4.78 is 85.8. The van der Waals surface area contributed by atoms with Gasteiger partial charge in [0, 0.05) is 45.8 Å². The normalized spacial score (nSPS) is 22.6. The number of halogens is 4. The Balaban J connectivity index is 0.00000392. The molecule has 0 saturated carbocycles. The molecule has 2 N–H and O–H groups in total. The number of alkyl halides is 3. The van der Waals surface area contributed by atoms with Gasteiger partial charge in [0.05, 0.1) is 5.75 Å².